The highest BCUT2D eigenvalue weighted by Crippen LogP contribution is 2.29. The average molecular weight is 246 g/mol. The van der Waals surface area contributed by atoms with Crippen molar-refractivity contribution >= 4 is 12.0 Å². The Balaban J connectivity index is 2.99. The maximum absolute atomic E-state index is 11.7. The van der Waals surface area contributed by atoms with Crippen LogP contribution in [-0.2, 0) is 4.79 Å². The first-order valence-corrected chi connectivity index (χ1v) is 5.78. The van der Waals surface area contributed by atoms with E-state index in [1.807, 2.05) is 31.2 Å². The van der Waals surface area contributed by atoms with Gasteiger partial charge in [0, 0.05) is 5.57 Å². The van der Waals surface area contributed by atoms with Crippen molar-refractivity contribution in [2.75, 3.05) is 7.11 Å². The van der Waals surface area contributed by atoms with Crippen LogP contribution in [0.2, 0.25) is 0 Å². The molecule has 1 aromatic rings. The van der Waals surface area contributed by atoms with Gasteiger partial charge in [0.15, 0.2) is 11.5 Å². The van der Waals surface area contributed by atoms with E-state index in [1.165, 1.54) is 0 Å². The minimum atomic E-state index is -0.366. The predicted octanol–water partition coefficient (Wildman–Crippen LogP) is 3.60. The number of hydrogen-bond acceptors (Lipinski definition) is 3. The first kappa shape index (κ1) is 14.0. The van der Waals surface area contributed by atoms with Crippen molar-refractivity contribution in [3.05, 3.63) is 41.5 Å². The Labute approximate surface area is 108 Å². The van der Waals surface area contributed by atoms with E-state index in [4.69, 9.17) is 9.47 Å². The van der Waals surface area contributed by atoms with Gasteiger partial charge in [0.25, 0.3) is 0 Å². The fraction of sp³-hybridized carbons (Fsp3) is 0.267. The Bertz CT molecular complexity index is 485. The number of hydrogen-bond donors (Lipinski definition) is 0. The SMILES string of the molecule is C/C=C(/C)C(=O)Oc1ccc(/C=C/C)cc1OC. The predicted molar refractivity (Wildman–Crippen MR) is 72.8 cm³/mol. The number of ether oxygens (including phenoxy) is 2. The van der Waals surface area contributed by atoms with E-state index < -0.39 is 0 Å². The minimum Gasteiger partial charge on any atom is -0.493 e. The lowest BCUT2D eigenvalue weighted by Gasteiger charge is -2.10. The summed E-state index contributed by atoms with van der Waals surface area (Å²) in [7, 11) is 1.55. The van der Waals surface area contributed by atoms with Crippen molar-refractivity contribution in [1.82, 2.24) is 0 Å². The largest absolute Gasteiger partial charge is 0.493 e. The summed E-state index contributed by atoms with van der Waals surface area (Å²) < 4.78 is 10.5. The third-order valence-corrected chi connectivity index (χ3v) is 2.50. The molecule has 0 aromatic heterocycles. The molecule has 3 heteroatoms. The molecule has 0 fully saturated rings. The lowest BCUT2D eigenvalue weighted by molar-refractivity contribution is -0.130. The summed E-state index contributed by atoms with van der Waals surface area (Å²) in [6, 6.07) is 5.43. The molecule has 1 aromatic carbocycles. The Hall–Kier alpha value is -2.03. The van der Waals surface area contributed by atoms with E-state index in [0.717, 1.165) is 5.56 Å². The molecule has 0 N–H and O–H groups in total. The molecule has 0 spiro atoms. The third kappa shape index (κ3) is 3.48. The van der Waals surface area contributed by atoms with Gasteiger partial charge in [0.05, 0.1) is 7.11 Å². The van der Waals surface area contributed by atoms with Gasteiger partial charge < -0.3 is 9.47 Å². The lowest BCUT2D eigenvalue weighted by atomic mass is 10.2. The number of carbonyl (C=O) groups is 1. The fourth-order valence-corrected chi connectivity index (χ4v) is 1.36. The van der Waals surface area contributed by atoms with Crippen molar-refractivity contribution in [3.63, 3.8) is 0 Å². The summed E-state index contributed by atoms with van der Waals surface area (Å²) in [5.74, 6) is 0.606. The van der Waals surface area contributed by atoms with Gasteiger partial charge in [-0.1, -0.05) is 24.3 Å². The van der Waals surface area contributed by atoms with E-state index in [1.54, 1.807) is 33.1 Å². The van der Waals surface area contributed by atoms with Crippen LogP contribution in [0.4, 0.5) is 0 Å². The van der Waals surface area contributed by atoms with E-state index in [-0.39, 0.29) is 5.97 Å². The monoisotopic (exact) mass is 246 g/mol. The molecule has 0 amide bonds. The van der Waals surface area contributed by atoms with E-state index in [0.29, 0.717) is 17.1 Å². The molecule has 0 aliphatic carbocycles. The van der Waals surface area contributed by atoms with Gasteiger partial charge >= 0.3 is 5.97 Å². The highest BCUT2D eigenvalue weighted by molar-refractivity contribution is 5.89. The Morgan fingerprint density at radius 3 is 2.50 bits per heavy atom. The van der Waals surface area contributed by atoms with Crippen LogP contribution in [0.3, 0.4) is 0 Å². The van der Waals surface area contributed by atoms with Crippen LogP contribution in [0.15, 0.2) is 35.9 Å². The lowest BCUT2D eigenvalue weighted by Crippen LogP contribution is -2.09. The Kier molecular flexibility index (Phi) is 5.18. The molecule has 0 aliphatic rings. The summed E-state index contributed by atoms with van der Waals surface area (Å²) in [6.45, 7) is 5.45. The number of benzene rings is 1. The second kappa shape index (κ2) is 6.64. The number of allylic oxidation sites excluding steroid dienone is 2. The molecular weight excluding hydrogens is 228 g/mol. The molecule has 0 atom stereocenters. The van der Waals surface area contributed by atoms with Gasteiger partial charge in [-0.2, -0.15) is 0 Å². The van der Waals surface area contributed by atoms with Gasteiger partial charge in [-0.15, -0.1) is 0 Å². The molecule has 0 saturated carbocycles. The van der Waals surface area contributed by atoms with Crippen LogP contribution in [0, 0.1) is 0 Å². The Morgan fingerprint density at radius 2 is 1.94 bits per heavy atom. The summed E-state index contributed by atoms with van der Waals surface area (Å²) >= 11 is 0. The van der Waals surface area contributed by atoms with Crippen LogP contribution in [0.1, 0.15) is 26.3 Å². The zero-order valence-corrected chi connectivity index (χ0v) is 11.2. The minimum absolute atomic E-state index is 0.366. The zero-order valence-electron chi connectivity index (χ0n) is 11.2. The van der Waals surface area contributed by atoms with Crippen molar-refractivity contribution < 1.29 is 14.3 Å². The second-order valence-electron chi connectivity index (χ2n) is 3.77. The van der Waals surface area contributed by atoms with E-state index >= 15 is 0 Å². The summed E-state index contributed by atoms with van der Waals surface area (Å²) in [6.07, 6.45) is 5.60. The van der Waals surface area contributed by atoms with Crippen molar-refractivity contribution in [2.24, 2.45) is 0 Å². The summed E-state index contributed by atoms with van der Waals surface area (Å²) in [4.78, 5) is 11.7. The van der Waals surface area contributed by atoms with Crippen LogP contribution < -0.4 is 9.47 Å². The number of methoxy groups -OCH3 is 1. The molecule has 0 radical (unpaired) electrons. The van der Waals surface area contributed by atoms with Gasteiger partial charge in [-0.05, 0) is 38.5 Å². The van der Waals surface area contributed by atoms with Crippen LogP contribution >= 0.6 is 0 Å². The molecule has 0 unspecified atom stereocenters. The number of rotatable bonds is 4. The molecule has 0 heterocycles. The topological polar surface area (TPSA) is 35.5 Å². The highest BCUT2D eigenvalue weighted by Gasteiger charge is 2.11. The van der Waals surface area contributed by atoms with Gasteiger partial charge in [0.2, 0.25) is 0 Å². The van der Waals surface area contributed by atoms with Crippen LogP contribution in [-0.4, -0.2) is 13.1 Å². The first-order valence-electron chi connectivity index (χ1n) is 5.78. The Morgan fingerprint density at radius 1 is 1.22 bits per heavy atom. The average Bonchev–Trinajstić information content (AvgIpc) is 2.39. The van der Waals surface area contributed by atoms with Crippen molar-refractivity contribution in [1.29, 1.82) is 0 Å². The maximum atomic E-state index is 11.7. The molecule has 0 bridgehead atoms. The standard InChI is InChI=1S/C15H18O3/c1-5-7-12-8-9-13(14(10-12)17-4)18-15(16)11(3)6-2/h5-10H,1-4H3/b7-5+,11-6-. The molecule has 0 saturated heterocycles. The number of carbonyl (C=O) groups excluding carboxylic acids is 1. The van der Waals surface area contributed by atoms with Gasteiger partial charge in [-0.3, -0.25) is 0 Å². The van der Waals surface area contributed by atoms with Crippen LogP contribution in [0.25, 0.3) is 6.08 Å². The molecule has 96 valence electrons. The molecule has 3 nitrogen and oxygen atoms in total. The maximum Gasteiger partial charge on any atom is 0.338 e. The van der Waals surface area contributed by atoms with Crippen molar-refractivity contribution in [2.45, 2.75) is 20.8 Å². The number of esters is 1. The quantitative estimate of drug-likeness (QED) is 0.462. The van der Waals surface area contributed by atoms with Crippen LogP contribution in [0.5, 0.6) is 11.5 Å². The zero-order chi connectivity index (χ0) is 13.5. The summed E-state index contributed by atoms with van der Waals surface area (Å²) in [5, 5.41) is 0. The van der Waals surface area contributed by atoms with E-state index in [2.05, 4.69) is 0 Å². The molecular formula is C15H18O3. The first-order chi connectivity index (χ1) is 8.62. The second-order valence-corrected chi connectivity index (χ2v) is 3.77. The smallest absolute Gasteiger partial charge is 0.338 e. The van der Waals surface area contributed by atoms with E-state index in [9.17, 15) is 4.79 Å². The fourth-order valence-electron chi connectivity index (χ4n) is 1.36. The third-order valence-electron chi connectivity index (χ3n) is 2.50. The molecule has 0 aliphatic heterocycles. The highest BCUT2D eigenvalue weighted by atomic mass is 16.6. The molecule has 18 heavy (non-hydrogen) atoms. The van der Waals surface area contributed by atoms with Gasteiger partial charge in [-0.25, -0.2) is 4.79 Å². The summed E-state index contributed by atoms with van der Waals surface area (Å²) in [5.41, 5.74) is 1.56. The van der Waals surface area contributed by atoms with Crippen molar-refractivity contribution in [3.8, 4) is 11.5 Å². The van der Waals surface area contributed by atoms with Gasteiger partial charge in [0.1, 0.15) is 0 Å². The normalized spacial score (nSPS) is 11.7. The molecule has 1 rings (SSSR count).